The summed E-state index contributed by atoms with van der Waals surface area (Å²) >= 11 is 0. The number of hydrogen-bond donors (Lipinski definition) is 0. The molecule has 1 aliphatic carbocycles. The van der Waals surface area contributed by atoms with Crippen LogP contribution >= 0.6 is 0 Å². The first-order valence-corrected chi connectivity index (χ1v) is 5.11. The number of methoxy groups -OCH3 is 1. The van der Waals surface area contributed by atoms with Crippen molar-refractivity contribution >= 4 is 5.97 Å². The van der Waals surface area contributed by atoms with Gasteiger partial charge in [-0.2, -0.15) is 0 Å². The smallest absolute Gasteiger partial charge is 0.341 e. The van der Waals surface area contributed by atoms with Gasteiger partial charge >= 0.3 is 5.97 Å². The van der Waals surface area contributed by atoms with E-state index in [4.69, 9.17) is 9.47 Å². The molecule has 3 nitrogen and oxygen atoms in total. The van der Waals surface area contributed by atoms with Crippen molar-refractivity contribution in [3.63, 3.8) is 0 Å². The monoisotopic (exact) mass is 204 g/mol. The van der Waals surface area contributed by atoms with Crippen molar-refractivity contribution < 1.29 is 14.3 Å². The van der Waals surface area contributed by atoms with E-state index < -0.39 is 0 Å². The number of ether oxygens (including phenoxy) is 2. The average molecular weight is 204 g/mol. The van der Waals surface area contributed by atoms with Crippen LogP contribution in [-0.4, -0.2) is 19.7 Å². The number of esters is 1. The molecule has 0 amide bonds. The summed E-state index contributed by atoms with van der Waals surface area (Å²) in [6.07, 6.45) is 2.34. The topological polar surface area (TPSA) is 35.5 Å². The Kier molecular flexibility index (Phi) is 1.61. The molecule has 1 spiro atoms. The maximum absolute atomic E-state index is 11.5. The molecule has 78 valence electrons. The summed E-state index contributed by atoms with van der Waals surface area (Å²) in [5.41, 5.74) is 1.96. The van der Waals surface area contributed by atoms with E-state index in [2.05, 4.69) is 6.07 Å². The Morgan fingerprint density at radius 3 is 2.93 bits per heavy atom. The quantitative estimate of drug-likeness (QED) is 0.655. The van der Waals surface area contributed by atoms with Gasteiger partial charge in [-0.1, -0.05) is 12.1 Å². The van der Waals surface area contributed by atoms with Crippen LogP contribution < -0.4 is 4.74 Å². The third-order valence-corrected chi connectivity index (χ3v) is 3.34. The summed E-state index contributed by atoms with van der Waals surface area (Å²) in [6.45, 7) is 0.719. The minimum Gasteiger partial charge on any atom is -0.491 e. The Bertz CT molecular complexity index is 432. The van der Waals surface area contributed by atoms with Crippen LogP contribution in [0, 0.1) is 0 Å². The van der Waals surface area contributed by atoms with Crippen molar-refractivity contribution in [1.82, 2.24) is 0 Å². The van der Waals surface area contributed by atoms with Crippen LogP contribution in [-0.2, 0) is 10.2 Å². The normalized spacial score (nSPS) is 19.5. The van der Waals surface area contributed by atoms with Crippen LogP contribution in [0.15, 0.2) is 18.2 Å². The summed E-state index contributed by atoms with van der Waals surface area (Å²) in [5.74, 6) is 0.423. The molecule has 1 saturated carbocycles. The van der Waals surface area contributed by atoms with Crippen LogP contribution in [0.3, 0.4) is 0 Å². The summed E-state index contributed by atoms with van der Waals surface area (Å²) in [6, 6.07) is 5.72. The lowest BCUT2D eigenvalue weighted by atomic mass is 9.96. The Balaban J connectivity index is 2.12. The highest BCUT2D eigenvalue weighted by Gasteiger charge is 2.51. The lowest BCUT2D eigenvalue weighted by molar-refractivity contribution is 0.0597. The summed E-state index contributed by atoms with van der Waals surface area (Å²) < 4.78 is 10.4. The zero-order valence-corrected chi connectivity index (χ0v) is 8.58. The number of carbonyl (C=O) groups is 1. The zero-order chi connectivity index (χ0) is 10.5. The van der Waals surface area contributed by atoms with E-state index in [-0.39, 0.29) is 11.4 Å². The fraction of sp³-hybridized carbons (Fsp3) is 0.417. The van der Waals surface area contributed by atoms with Crippen LogP contribution in [0.1, 0.15) is 28.8 Å². The minimum atomic E-state index is -0.315. The van der Waals surface area contributed by atoms with Crippen LogP contribution in [0.5, 0.6) is 5.75 Å². The molecular weight excluding hydrogens is 192 g/mol. The van der Waals surface area contributed by atoms with E-state index in [0.29, 0.717) is 5.56 Å². The Hall–Kier alpha value is -1.51. The number of fused-ring (bicyclic) bond motifs is 2. The Morgan fingerprint density at radius 1 is 1.47 bits per heavy atom. The largest absolute Gasteiger partial charge is 0.491 e. The van der Waals surface area contributed by atoms with Crippen LogP contribution in [0.25, 0.3) is 0 Å². The highest BCUT2D eigenvalue weighted by atomic mass is 16.5. The first-order chi connectivity index (χ1) is 7.27. The van der Waals surface area contributed by atoms with Crippen LogP contribution in [0.4, 0.5) is 0 Å². The van der Waals surface area contributed by atoms with E-state index in [0.717, 1.165) is 12.4 Å². The molecule has 1 fully saturated rings. The highest BCUT2D eigenvalue weighted by Crippen LogP contribution is 2.56. The van der Waals surface area contributed by atoms with Crippen molar-refractivity contribution in [3.8, 4) is 5.75 Å². The average Bonchev–Trinajstić information content (AvgIpc) is 2.96. The molecule has 3 rings (SSSR count). The maximum Gasteiger partial charge on any atom is 0.341 e. The van der Waals surface area contributed by atoms with E-state index in [9.17, 15) is 4.79 Å². The second kappa shape index (κ2) is 2.75. The molecule has 1 heterocycles. The molecule has 0 atom stereocenters. The molecule has 1 aromatic rings. The molecule has 0 saturated heterocycles. The second-order valence-electron chi connectivity index (χ2n) is 4.24. The lowest BCUT2D eigenvalue weighted by Crippen LogP contribution is -2.06. The SMILES string of the molecule is COC(=O)c1cccc2c1OCC21CC1. The molecule has 3 heteroatoms. The molecule has 1 aromatic carbocycles. The second-order valence-corrected chi connectivity index (χ2v) is 4.24. The van der Waals surface area contributed by atoms with Gasteiger partial charge in [-0.15, -0.1) is 0 Å². The third-order valence-electron chi connectivity index (χ3n) is 3.34. The van der Waals surface area contributed by atoms with Crippen molar-refractivity contribution in [1.29, 1.82) is 0 Å². The van der Waals surface area contributed by atoms with Gasteiger partial charge in [-0.05, 0) is 18.9 Å². The van der Waals surface area contributed by atoms with Gasteiger partial charge in [0.25, 0.3) is 0 Å². The fourth-order valence-corrected chi connectivity index (χ4v) is 2.23. The lowest BCUT2D eigenvalue weighted by Gasteiger charge is -2.06. The molecule has 0 aromatic heterocycles. The molecule has 1 aliphatic heterocycles. The van der Waals surface area contributed by atoms with Gasteiger partial charge < -0.3 is 9.47 Å². The summed E-state index contributed by atoms with van der Waals surface area (Å²) in [7, 11) is 1.39. The van der Waals surface area contributed by atoms with Gasteiger partial charge in [-0.25, -0.2) is 4.79 Å². The van der Waals surface area contributed by atoms with Gasteiger partial charge in [0.2, 0.25) is 0 Å². The fourth-order valence-electron chi connectivity index (χ4n) is 2.23. The molecule has 0 radical (unpaired) electrons. The van der Waals surface area contributed by atoms with Gasteiger partial charge in [0.15, 0.2) is 0 Å². The molecule has 2 aliphatic rings. The molecule has 15 heavy (non-hydrogen) atoms. The molecule has 0 unspecified atom stereocenters. The number of benzene rings is 1. The first-order valence-electron chi connectivity index (χ1n) is 5.11. The van der Waals surface area contributed by atoms with Gasteiger partial charge in [-0.3, -0.25) is 0 Å². The Labute approximate surface area is 88.0 Å². The summed E-state index contributed by atoms with van der Waals surface area (Å²) in [5, 5.41) is 0. The number of para-hydroxylation sites is 1. The predicted molar refractivity (Wildman–Crippen MR) is 54.2 cm³/mol. The van der Waals surface area contributed by atoms with E-state index in [1.54, 1.807) is 6.07 Å². The van der Waals surface area contributed by atoms with E-state index in [1.165, 1.54) is 25.5 Å². The van der Waals surface area contributed by atoms with Gasteiger partial charge in [0, 0.05) is 11.0 Å². The first kappa shape index (κ1) is 8.77. The van der Waals surface area contributed by atoms with Crippen molar-refractivity contribution in [2.75, 3.05) is 13.7 Å². The van der Waals surface area contributed by atoms with Crippen molar-refractivity contribution in [3.05, 3.63) is 29.3 Å². The van der Waals surface area contributed by atoms with Crippen molar-refractivity contribution in [2.45, 2.75) is 18.3 Å². The van der Waals surface area contributed by atoms with Crippen LogP contribution in [0.2, 0.25) is 0 Å². The third kappa shape index (κ3) is 1.09. The number of hydrogen-bond acceptors (Lipinski definition) is 3. The molecule has 0 N–H and O–H groups in total. The summed E-state index contributed by atoms with van der Waals surface area (Å²) in [4.78, 5) is 11.5. The number of rotatable bonds is 1. The van der Waals surface area contributed by atoms with Gasteiger partial charge in [0.1, 0.15) is 11.3 Å². The number of carbonyl (C=O) groups excluding carboxylic acids is 1. The Morgan fingerprint density at radius 2 is 2.27 bits per heavy atom. The van der Waals surface area contributed by atoms with Gasteiger partial charge in [0.05, 0.1) is 13.7 Å². The van der Waals surface area contributed by atoms with E-state index in [1.807, 2.05) is 6.07 Å². The predicted octanol–water partition coefficient (Wildman–Crippen LogP) is 1.90. The highest BCUT2D eigenvalue weighted by molar-refractivity contribution is 5.93. The minimum absolute atomic E-state index is 0.222. The van der Waals surface area contributed by atoms with E-state index >= 15 is 0 Å². The standard InChI is InChI=1S/C12H12O3/c1-14-11(13)8-3-2-4-9-10(8)15-7-12(9)5-6-12/h2-4H,5-7H2,1H3. The van der Waals surface area contributed by atoms with Crippen molar-refractivity contribution in [2.24, 2.45) is 0 Å². The maximum atomic E-state index is 11.5. The molecular formula is C12H12O3. The molecule has 0 bridgehead atoms. The zero-order valence-electron chi connectivity index (χ0n) is 8.58.